The molecular formula is C14H15NO. The first-order chi connectivity index (χ1) is 7.84. The topological polar surface area (TPSA) is 33.1 Å². The maximum absolute atomic E-state index is 10.2. The van der Waals surface area contributed by atoms with Gasteiger partial charge in [0.05, 0.1) is 11.6 Å². The Balaban J connectivity index is 2.00. The van der Waals surface area contributed by atoms with E-state index in [-0.39, 0.29) is 6.10 Å². The molecule has 1 heterocycles. The summed E-state index contributed by atoms with van der Waals surface area (Å²) in [6.45, 7) is 0. The molecule has 1 aliphatic carbocycles. The summed E-state index contributed by atoms with van der Waals surface area (Å²) in [5.41, 5.74) is 1.99. The number of para-hydroxylation sites is 1. The number of pyridine rings is 1. The number of aromatic nitrogens is 1. The highest BCUT2D eigenvalue weighted by Gasteiger charge is 2.25. The van der Waals surface area contributed by atoms with Gasteiger partial charge in [0.15, 0.2) is 0 Å². The van der Waals surface area contributed by atoms with Crippen LogP contribution in [0.3, 0.4) is 0 Å². The number of benzene rings is 1. The summed E-state index contributed by atoms with van der Waals surface area (Å²) in [7, 11) is 0. The second-order valence-electron chi connectivity index (χ2n) is 4.61. The van der Waals surface area contributed by atoms with Crippen LogP contribution in [-0.4, -0.2) is 10.1 Å². The monoisotopic (exact) mass is 213 g/mol. The molecule has 2 heteroatoms. The molecule has 3 rings (SSSR count). The van der Waals surface area contributed by atoms with E-state index in [2.05, 4.69) is 4.98 Å². The van der Waals surface area contributed by atoms with Crippen LogP contribution in [0.2, 0.25) is 0 Å². The maximum Gasteiger partial charge on any atom is 0.0799 e. The Morgan fingerprint density at radius 3 is 2.88 bits per heavy atom. The molecule has 1 fully saturated rings. The minimum Gasteiger partial charge on any atom is -0.388 e. The van der Waals surface area contributed by atoms with Gasteiger partial charge in [-0.25, -0.2) is 0 Å². The molecule has 1 atom stereocenters. The molecule has 1 N–H and O–H groups in total. The van der Waals surface area contributed by atoms with Crippen molar-refractivity contribution < 1.29 is 5.11 Å². The largest absolute Gasteiger partial charge is 0.388 e. The third kappa shape index (κ3) is 1.81. The van der Waals surface area contributed by atoms with Crippen molar-refractivity contribution in [3.05, 3.63) is 42.1 Å². The first-order valence-corrected chi connectivity index (χ1v) is 5.86. The number of fused-ring (bicyclic) bond motifs is 1. The fourth-order valence-electron chi connectivity index (χ4n) is 2.20. The minimum atomic E-state index is -0.333. The van der Waals surface area contributed by atoms with Crippen molar-refractivity contribution >= 4 is 10.9 Å². The quantitative estimate of drug-likeness (QED) is 0.850. The molecule has 1 aromatic heterocycles. The first kappa shape index (κ1) is 9.79. The molecule has 82 valence electrons. The summed E-state index contributed by atoms with van der Waals surface area (Å²) in [6, 6.07) is 9.94. The lowest BCUT2D eigenvalue weighted by Crippen LogP contribution is -2.00. The van der Waals surface area contributed by atoms with Crippen molar-refractivity contribution in [3.8, 4) is 0 Å². The van der Waals surface area contributed by atoms with Gasteiger partial charge in [-0.2, -0.15) is 0 Å². The summed E-state index contributed by atoms with van der Waals surface area (Å²) >= 11 is 0. The molecule has 2 nitrogen and oxygen atoms in total. The molecule has 1 aromatic carbocycles. The Kier molecular flexibility index (Phi) is 2.37. The first-order valence-electron chi connectivity index (χ1n) is 5.86. The zero-order chi connectivity index (χ0) is 11.0. The Hall–Kier alpha value is -1.41. The van der Waals surface area contributed by atoms with Gasteiger partial charge in [0.1, 0.15) is 0 Å². The average Bonchev–Trinajstić information content (AvgIpc) is 3.12. The highest BCUT2D eigenvalue weighted by atomic mass is 16.3. The molecule has 1 saturated carbocycles. The normalized spacial score (nSPS) is 17.6. The lowest BCUT2D eigenvalue weighted by Gasteiger charge is -2.12. The van der Waals surface area contributed by atoms with E-state index < -0.39 is 0 Å². The number of aliphatic hydroxyl groups excluding tert-OH is 1. The van der Waals surface area contributed by atoms with E-state index in [4.69, 9.17) is 0 Å². The number of hydrogen-bond donors (Lipinski definition) is 1. The summed E-state index contributed by atoms with van der Waals surface area (Å²) in [4.78, 5) is 4.31. The molecule has 0 spiro atoms. The highest BCUT2D eigenvalue weighted by molar-refractivity contribution is 5.82. The lowest BCUT2D eigenvalue weighted by molar-refractivity contribution is 0.162. The molecular weight excluding hydrogens is 198 g/mol. The van der Waals surface area contributed by atoms with Crippen LogP contribution in [0.15, 0.2) is 36.5 Å². The van der Waals surface area contributed by atoms with Crippen LogP contribution in [0.25, 0.3) is 10.9 Å². The van der Waals surface area contributed by atoms with Gasteiger partial charge in [0.25, 0.3) is 0 Å². The standard InChI is InChI=1S/C14H15NO/c16-14(9-10-5-6-10)12-7-8-15-13-4-2-1-3-11(12)13/h1-4,7-8,10,14,16H,5-6,9H2. The van der Waals surface area contributed by atoms with Crippen molar-refractivity contribution in [1.29, 1.82) is 0 Å². The van der Waals surface area contributed by atoms with E-state index in [9.17, 15) is 5.11 Å². The Morgan fingerprint density at radius 2 is 2.06 bits per heavy atom. The summed E-state index contributed by atoms with van der Waals surface area (Å²) < 4.78 is 0. The van der Waals surface area contributed by atoms with Gasteiger partial charge in [-0.15, -0.1) is 0 Å². The molecule has 1 aliphatic rings. The summed E-state index contributed by atoms with van der Waals surface area (Å²) in [6.07, 6.45) is 4.91. The van der Waals surface area contributed by atoms with Crippen LogP contribution in [0.1, 0.15) is 30.9 Å². The van der Waals surface area contributed by atoms with Crippen molar-refractivity contribution in [2.45, 2.75) is 25.4 Å². The van der Waals surface area contributed by atoms with Crippen molar-refractivity contribution in [3.63, 3.8) is 0 Å². The Morgan fingerprint density at radius 1 is 1.25 bits per heavy atom. The minimum absolute atomic E-state index is 0.333. The molecule has 0 bridgehead atoms. The third-order valence-corrected chi connectivity index (χ3v) is 3.30. The van der Waals surface area contributed by atoms with Gasteiger partial charge in [0, 0.05) is 11.6 Å². The molecule has 2 aromatic rings. The van der Waals surface area contributed by atoms with Crippen LogP contribution in [0.4, 0.5) is 0 Å². The maximum atomic E-state index is 10.2. The van der Waals surface area contributed by atoms with Crippen LogP contribution in [-0.2, 0) is 0 Å². The van der Waals surface area contributed by atoms with Gasteiger partial charge in [0.2, 0.25) is 0 Å². The summed E-state index contributed by atoms with van der Waals surface area (Å²) in [5.74, 6) is 0.738. The predicted molar refractivity (Wildman–Crippen MR) is 64.0 cm³/mol. The van der Waals surface area contributed by atoms with Crippen molar-refractivity contribution in [2.75, 3.05) is 0 Å². The smallest absolute Gasteiger partial charge is 0.0799 e. The Labute approximate surface area is 94.9 Å². The summed E-state index contributed by atoms with van der Waals surface area (Å²) in [5, 5.41) is 11.3. The van der Waals surface area contributed by atoms with Gasteiger partial charge in [-0.05, 0) is 30.0 Å². The average molecular weight is 213 g/mol. The number of nitrogens with zero attached hydrogens (tertiary/aromatic N) is 1. The van der Waals surface area contributed by atoms with Gasteiger partial charge < -0.3 is 5.11 Å². The van der Waals surface area contributed by atoms with Crippen molar-refractivity contribution in [1.82, 2.24) is 4.98 Å². The molecule has 0 radical (unpaired) electrons. The van der Waals surface area contributed by atoms with Crippen molar-refractivity contribution in [2.24, 2.45) is 5.92 Å². The van der Waals surface area contributed by atoms with Crippen LogP contribution >= 0.6 is 0 Å². The Bertz CT molecular complexity index is 500. The lowest BCUT2D eigenvalue weighted by atomic mass is 10.0. The van der Waals surface area contributed by atoms with E-state index in [1.54, 1.807) is 6.20 Å². The van der Waals surface area contributed by atoms with Gasteiger partial charge >= 0.3 is 0 Å². The zero-order valence-corrected chi connectivity index (χ0v) is 9.13. The number of aliphatic hydroxyl groups is 1. The second-order valence-corrected chi connectivity index (χ2v) is 4.61. The van der Waals surface area contributed by atoms with E-state index in [1.807, 2.05) is 30.3 Å². The molecule has 0 amide bonds. The molecule has 1 unspecified atom stereocenters. The SMILES string of the molecule is OC(CC1CC1)c1ccnc2ccccc12. The molecule has 0 saturated heterocycles. The van der Waals surface area contributed by atoms with E-state index >= 15 is 0 Å². The third-order valence-electron chi connectivity index (χ3n) is 3.30. The fourth-order valence-corrected chi connectivity index (χ4v) is 2.20. The molecule has 16 heavy (non-hydrogen) atoms. The van der Waals surface area contributed by atoms with E-state index in [0.29, 0.717) is 0 Å². The van der Waals surface area contributed by atoms with E-state index in [0.717, 1.165) is 28.8 Å². The number of rotatable bonds is 3. The second kappa shape index (κ2) is 3.87. The number of hydrogen-bond acceptors (Lipinski definition) is 2. The predicted octanol–water partition coefficient (Wildman–Crippen LogP) is 3.07. The van der Waals surface area contributed by atoms with Crippen LogP contribution in [0, 0.1) is 5.92 Å². The highest BCUT2D eigenvalue weighted by Crippen LogP contribution is 2.38. The van der Waals surface area contributed by atoms with Gasteiger partial charge in [-0.1, -0.05) is 31.0 Å². The van der Waals surface area contributed by atoms with Gasteiger partial charge in [-0.3, -0.25) is 4.98 Å². The zero-order valence-electron chi connectivity index (χ0n) is 9.13. The fraction of sp³-hybridized carbons (Fsp3) is 0.357. The van der Waals surface area contributed by atoms with Crippen LogP contribution in [0.5, 0.6) is 0 Å². The van der Waals surface area contributed by atoms with Crippen LogP contribution < -0.4 is 0 Å². The molecule has 0 aliphatic heterocycles. The van der Waals surface area contributed by atoms with E-state index in [1.165, 1.54) is 12.8 Å².